The average molecular weight is 482 g/mol. The molecule has 4 nitrogen and oxygen atoms in total. The highest BCUT2D eigenvalue weighted by Crippen LogP contribution is 2.28. The second-order valence-electron chi connectivity index (χ2n) is 5.57. The van der Waals surface area contributed by atoms with E-state index in [4.69, 9.17) is 9.47 Å². The number of pyridine rings is 2. The topological polar surface area (TPSA) is 26.2 Å². The van der Waals surface area contributed by atoms with Crippen molar-refractivity contribution in [2.24, 2.45) is 0 Å². The minimum atomic E-state index is 0. The number of hydrogen-bond donors (Lipinski definition) is 0. The lowest BCUT2D eigenvalue weighted by atomic mass is 10.1. The number of aromatic nitrogens is 2. The summed E-state index contributed by atoms with van der Waals surface area (Å²) >= 11 is 0. The van der Waals surface area contributed by atoms with E-state index in [1.807, 2.05) is 61.2 Å². The molecule has 2 heterocycles. The number of benzene rings is 1. The zero-order chi connectivity index (χ0) is 16.8. The Morgan fingerprint density at radius 3 is 1.27 bits per heavy atom. The monoisotopic (exact) mass is 480 g/mol. The Kier molecular flexibility index (Phi) is 9.30. The van der Waals surface area contributed by atoms with Crippen molar-refractivity contribution in [3.63, 3.8) is 0 Å². The first-order valence-corrected chi connectivity index (χ1v) is 7.92. The molecule has 0 N–H and O–H groups in total. The van der Waals surface area contributed by atoms with Crippen molar-refractivity contribution in [1.29, 1.82) is 0 Å². The van der Waals surface area contributed by atoms with Crippen LogP contribution >= 0.6 is 0 Å². The number of hydrogen-bond acceptors (Lipinski definition) is 2. The molecule has 138 valence electrons. The number of methoxy groups -OCH3 is 2. The maximum atomic E-state index is 5.62. The fourth-order valence-electron chi connectivity index (χ4n) is 2.74. The van der Waals surface area contributed by atoms with Gasteiger partial charge in [0.1, 0.15) is 11.5 Å². The summed E-state index contributed by atoms with van der Waals surface area (Å²) in [5.74, 6) is 1.75. The highest BCUT2D eigenvalue weighted by molar-refractivity contribution is 5.46. The maximum absolute atomic E-state index is 5.62. The Bertz CT molecular complexity index is 730. The zero-order valence-corrected chi connectivity index (χ0v) is 18.0. The van der Waals surface area contributed by atoms with Gasteiger partial charge >= 0.3 is 0 Å². The van der Waals surface area contributed by atoms with E-state index >= 15 is 0 Å². The van der Waals surface area contributed by atoms with Crippen LogP contribution in [0.1, 0.15) is 11.1 Å². The lowest BCUT2D eigenvalue weighted by Gasteiger charge is -2.12. The molecule has 3 rings (SSSR count). The molecule has 0 saturated heterocycles. The molecule has 26 heavy (non-hydrogen) atoms. The molecule has 1 aromatic carbocycles. The fraction of sp³-hybridized carbons (Fsp3) is 0.200. The van der Waals surface area contributed by atoms with Gasteiger partial charge in [0.2, 0.25) is 0 Å². The molecular formula is C20H22Br2N2O2. The summed E-state index contributed by atoms with van der Waals surface area (Å²) < 4.78 is 15.5. The number of rotatable bonds is 6. The van der Waals surface area contributed by atoms with Gasteiger partial charge in [-0.1, -0.05) is 12.1 Å². The number of ether oxygens (including phenoxy) is 2. The number of nitrogens with zero attached hydrogens (tertiary/aromatic N) is 2. The third kappa shape index (κ3) is 5.54. The van der Waals surface area contributed by atoms with Crippen LogP contribution in [-0.4, -0.2) is 14.2 Å². The zero-order valence-electron chi connectivity index (χ0n) is 14.8. The lowest BCUT2D eigenvalue weighted by molar-refractivity contribution is -0.689. The molecule has 0 aliphatic rings. The van der Waals surface area contributed by atoms with Gasteiger partial charge in [-0.3, -0.25) is 0 Å². The van der Waals surface area contributed by atoms with Gasteiger partial charge in [-0.05, 0) is 12.1 Å². The second-order valence-corrected chi connectivity index (χ2v) is 5.57. The van der Waals surface area contributed by atoms with Crippen LogP contribution in [0.15, 0.2) is 73.3 Å². The van der Waals surface area contributed by atoms with Crippen molar-refractivity contribution in [3.05, 3.63) is 84.4 Å². The fourth-order valence-corrected chi connectivity index (χ4v) is 2.74. The standard InChI is InChI=1S/C20H22N2O2.2BrH/c1-23-19-13-18(16-22-11-7-4-8-12-22)20(24-2)14-17(19)15-21-9-5-3-6-10-21;;/h3-14H,15-16H2,1-2H3;2*1H/q+2;;/p-2. The van der Waals surface area contributed by atoms with Crippen LogP contribution in [0, 0.1) is 0 Å². The predicted molar refractivity (Wildman–Crippen MR) is 91.0 cm³/mol. The van der Waals surface area contributed by atoms with Crippen molar-refractivity contribution < 1.29 is 52.6 Å². The summed E-state index contributed by atoms with van der Waals surface area (Å²) in [5.41, 5.74) is 2.18. The van der Waals surface area contributed by atoms with Crippen molar-refractivity contribution >= 4 is 0 Å². The SMILES string of the molecule is COc1cc(C[n+]2ccccc2)c(OC)cc1C[n+]1ccccc1.[Br-].[Br-]. The summed E-state index contributed by atoms with van der Waals surface area (Å²) in [4.78, 5) is 0. The molecule has 3 aromatic rings. The summed E-state index contributed by atoms with van der Waals surface area (Å²) in [5, 5.41) is 0. The largest absolute Gasteiger partial charge is 1.00 e. The number of halogens is 2. The predicted octanol–water partition coefficient (Wildman–Crippen LogP) is -3.62. The van der Waals surface area contributed by atoms with Gasteiger partial charge in [0, 0.05) is 24.3 Å². The van der Waals surface area contributed by atoms with Crippen LogP contribution in [0.25, 0.3) is 0 Å². The van der Waals surface area contributed by atoms with E-state index in [1.54, 1.807) is 14.2 Å². The highest BCUT2D eigenvalue weighted by Gasteiger charge is 2.16. The smallest absolute Gasteiger partial charge is 0.177 e. The first-order valence-electron chi connectivity index (χ1n) is 7.92. The van der Waals surface area contributed by atoms with Crippen LogP contribution in [0.5, 0.6) is 11.5 Å². The van der Waals surface area contributed by atoms with Gasteiger partial charge in [0.15, 0.2) is 37.9 Å². The Hall–Kier alpha value is -1.92. The van der Waals surface area contributed by atoms with Gasteiger partial charge in [-0.25, -0.2) is 9.13 Å². The summed E-state index contributed by atoms with van der Waals surface area (Å²) in [7, 11) is 3.42. The van der Waals surface area contributed by atoms with Crippen molar-refractivity contribution in [1.82, 2.24) is 0 Å². The molecule has 6 heteroatoms. The van der Waals surface area contributed by atoms with E-state index in [0.717, 1.165) is 35.7 Å². The quantitative estimate of drug-likeness (QED) is 0.340. The van der Waals surface area contributed by atoms with Crippen molar-refractivity contribution in [2.45, 2.75) is 13.1 Å². The van der Waals surface area contributed by atoms with Crippen LogP contribution < -0.4 is 52.6 Å². The highest BCUT2D eigenvalue weighted by atomic mass is 79.9. The summed E-state index contributed by atoms with van der Waals surface area (Å²) in [6.45, 7) is 1.47. The van der Waals surface area contributed by atoms with Crippen LogP contribution in [0.3, 0.4) is 0 Å². The molecule has 0 aliphatic heterocycles. The van der Waals surface area contributed by atoms with Crippen molar-refractivity contribution in [3.8, 4) is 11.5 Å². The van der Waals surface area contributed by atoms with Gasteiger partial charge in [-0.2, -0.15) is 0 Å². The minimum Gasteiger partial charge on any atom is -1.00 e. The molecule has 0 fully saturated rings. The Labute approximate surface area is 175 Å². The molecule has 0 unspecified atom stereocenters. The van der Waals surface area contributed by atoms with Crippen LogP contribution in [-0.2, 0) is 13.1 Å². The third-order valence-corrected chi connectivity index (χ3v) is 3.94. The van der Waals surface area contributed by atoms with E-state index in [9.17, 15) is 0 Å². The first kappa shape index (κ1) is 22.1. The summed E-state index contributed by atoms with van der Waals surface area (Å²) in [6, 6.07) is 16.2. The van der Waals surface area contributed by atoms with E-state index in [1.165, 1.54) is 0 Å². The molecule has 0 saturated carbocycles. The van der Waals surface area contributed by atoms with E-state index in [-0.39, 0.29) is 34.0 Å². The third-order valence-electron chi connectivity index (χ3n) is 3.94. The molecule has 0 bridgehead atoms. The Balaban J connectivity index is 0.00000169. The van der Waals surface area contributed by atoms with Gasteiger partial charge < -0.3 is 43.4 Å². The maximum Gasteiger partial charge on any atom is 0.177 e. The normalized spacial score (nSPS) is 9.62. The molecule has 0 radical (unpaired) electrons. The van der Waals surface area contributed by atoms with Gasteiger partial charge in [-0.15, -0.1) is 0 Å². The van der Waals surface area contributed by atoms with Crippen LogP contribution in [0.2, 0.25) is 0 Å². The second kappa shape index (κ2) is 10.9. The molecule has 0 amide bonds. The van der Waals surface area contributed by atoms with Gasteiger partial charge in [0.05, 0.1) is 25.3 Å². The molecule has 2 aromatic heterocycles. The molecule has 0 aliphatic carbocycles. The van der Waals surface area contributed by atoms with E-state index in [2.05, 4.69) is 21.3 Å². The molecule has 0 spiro atoms. The Morgan fingerprint density at radius 1 is 0.615 bits per heavy atom. The molecular weight excluding hydrogens is 460 g/mol. The average Bonchev–Trinajstić information content (AvgIpc) is 2.64. The van der Waals surface area contributed by atoms with E-state index in [0.29, 0.717) is 0 Å². The first-order chi connectivity index (χ1) is 11.8. The van der Waals surface area contributed by atoms with Gasteiger partial charge in [0.25, 0.3) is 0 Å². The van der Waals surface area contributed by atoms with Crippen LogP contribution in [0.4, 0.5) is 0 Å². The van der Waals surface area contributed by atoms with Crippen molar-refractivity contribution in [2.75, 3.05) is 14.2 Å². The summed E-state index contributed by atoms with van der Waals surface area (Å²) in [6.07, 6.45) is 8.17. The van der Waals surface area contributed by atoms with E-state index < -0.39 is 0 Å². The molecule has 0 atom stereocenters. The minimum absolute atomic E-state index is 0. The Morgan fingerprint density at radius 2 is 0.962 bits per heavy atom. The lowest BCUT2D eigenvalue weighted by Crippen LogP contribution is -3.00.